The van der Waals surface area contributed by atoms with Crippen LogP contribution in [-0.2, 0) is 32.7 Å². The summed E-state index contributed by atoms with van der Waals surface area (Å²) in [7, 11) is 1.42. The van der Waals surface area contributed by atoms with Crippen molar-refractivity contribution in [3.05, 3.63) is 158 Å². The van der Waals surface area contributed by atoms with Gasteiger partial charge in [-0.15, -0.1) is 0 Å². The average Bonchev–Trinajstić information content (AvgIpc) is 3.42. The predicted octanol–water partition coefficient (Wildman–Crippen LogP) is 20.0. The number of allylic oxidation sites excluding steroid dienone is 26. The molecular formula is C70H115NO8P+. The van der Waals surface area contributed by atoms with Crippen LogP contribution < -0.4 is 0 Å². The molecule has 0 saturated heterocycles. The van der Waals surface area contributed by atoms with Crippen molar-refractivity contribution in [2.45, 2.75) is 225 Å². The Kier molecular flexibility index (Phi) is 56.0. The van der Waals surface area contributed by atoms with Gasteiger partial charge in [-0.1, -0.05) is 249 Å². The number of unbranched alkanes of at least 4 members (excludes halogenated alkanes) is 15. The van der Waals surface area contributed by atoms with E-state index in [-0.39, 0.29) is 32.0 Å². The van der Waals surface area contributed by atoms with E-state index >= 15 is 0 Å². The first-order chi connectivity index (χ1) is 39.0. The van der Waals surface area contributed by atoms with Crippen LogP contribution in [0.15, 0.2) is 158 Å². The fraction of sp³-hybridized carbons (Fsp3) is 0.600. The molecule has 0 saturated carbocycles. The van der Waals surface area contributed by atoms with Crippen molar-refractivity contribution < 1.29 is 42.1 Å². The Balaban J connectivity index is 4.27. The highest BCUT2D eigenvalue weighted by molar-refractivity contribution is 7.47. The second kappa shape index (κ2) is 59.3. The van der Waals surface area contributed by atoms with Gasteiger partial charge in [0.25, 0.3) is 0 Å². The molecule has 0 aliphatic carbocycles. The van der Waals surface area contributed by atoms with E-state index in [1.165, 1.54) is 77.0 Å². The summed E-state index contributed by atoms with van der Waals surface area (Å²) in [5.41, 5.74) is 0. The Morgan fingerprint density at radius 2 is 0.688 bits per heavy atom. The van der Waals surface area contributed by atoms with Gasteiger partial charge in [-0.25, -0.2) is 4.57 Å². The normalized spacial score (nSPS) is 14.3. The number of esters is 2. The molecule has 0 bridgehead atoms. The Hall–Kier alpha value is -4.37. The van der Waals surface area contributed by atoms with Crippen molar-refractivity contribution in [3.63, 3.8) is 0 Å². The number of carbonyl (C=O) groups is 2. The minimum atomic E-state index is -4.42. The molecule has 0 spiro atoms. The number of likely N-dealkylation sites (N-methyl/N-ethyl adjacent to an activating group) is 1. The fourth-order valence-electron chi connectivity index (χ4n) is 7.83. The largest absolute Gasteiger partial charge is 0.472 e. The minimum absolute atomic E-state index is 0.0120. The number of phosphoric acid groups is 1. The lowest BCUT2D eigenvalue weighted by atomic mass is 10.0. The van der Waals surface area contributed by atoms with Crippen LogP contribution in [0.5, 0.6) is 0 Å². The summed E-state index contributed by atoms with van der Waals surface area (Å²) in [4.78, 5) is 35.8. The van der Waals surface area contributed by atoms with Crippen LogP contribution in [0.1, 0.15) is 219 Å². The Morgan fingerprint density at radius 1 is 0.388 bits per heavy atom. The number of nitrogens with zero attached hydrogens (tertiary/aromatic N) is 1. The van der Waals surface area contributed by atoms with Gasteiger partial charge in [0.05, 0.1) is 27.7 Å². The van der Waals surface area contributed by atoms with Crippen LogP contribution >= 0.6 is 7.82 Å². The van der Waals surface area contributed by atoms with Gasteiger partial charge in [-0.2, -0.15) is 0 Å². The van der Waals surface area contributed by atoms with Gasteiger partial charge in [0.2, 0.25) is 0 Å². The summed E-state index contributed by atoms with van der Waals surface area (Å²) in [5.74, 6) is -0.878. The summed E-state index contributed by atoms with van der Waals surface area (Å²) in [6, 6.07) is 0. The van der Waals surface area contributed by atoms with Crippen molar-refractivity contribution in [1.29, 1.82) is 0 Å². The third-order valence-electron chi connectivity index (χ3n) is 12.6. The molecule has 0 aliphatic heterocycles. The van der Waals surface area contributed by atoms with E-state index in [0.29, 0.717) is 23.9 Å². The molecule has 2 atom stereocenters. The first-order valence-corrected chi connectivity index (χ1v) is 32.7. The molecule has 0 rings (SSSR count). The molecule has 0 aliphatic rings. The first-order valence-electron chi connectivity index (χ1n) is 31.2. The summed E-state index contributed by atoms with van der Waals surface area (Å²) in [6.45, 7) is 4.12. The summed E-state index contributed by atoms with van der Waals surface area (Å²) < 4.78 is 34.5. The van der Waals surface area contributed by atoms with Gasteiger partial charge < -0.3 is 18.9 Å². The summed E-state index contributed by atoms with van der Waals surface area (Å²) in [5, 5.41) is 0. The van der Waals surface area contributed by atoms with Crippen molar-refractivity contribution in [3.8, 4) is 0 Å². The zero-order chi connectivity index (χ0) is 58.4. The van der Waals surface area contributed by atoms with Crippen molar-refractivity contribution >= 4 is 19.8 Å². The molecular weight excluding hydrogens is 1010 g/mol. The monoisotopic (exact) mass is 1130 g/mol. The maximum absolute atomic E-state index is 12.8. The molecule has 452 valence electrons. The lowest BCUT2D eigenvalue weighted by Crippen LogP contribution is -2.37. The molecule has 80 heavy (non-hydrogen) atoms. The van der Waals surface area contributed by atoms with Crippen molar-refractivity contribution in [2.75, 3.05) is 47.5 Å². The summed E-state index contributed by atoms with van der Waals surface area (Å²) in [6.07, 6.45) is 89.0. The molecule has 0 heterocycles. The lowest BCUT2D eigenvalue weighted by Gasteiger charge is -2.24. The Bertz CT molecular complexity index is 1900. The molecule has 0 aromatic carbocycles. The van der Waals surface area contributed by atoms with E-state index < -0.39 is 26.5 Å². The standard InChI is InChI=1S/C70H114NO8P/c1-6-8-10-12-14-16-18-20-22-24-26-28-30-32-34-35-37-39-41-43-45-47-49-51-53-55-57-59-61-63-70(73)79-68(67-78-80(74,75)77-65-64-71(3,4)5)66-76-69(72)62-60-58-56-54-52-50-48-46-44-42-40-38-36-33-31-29-27-25-23-21-19-17-15-13-11-9-7-2/h8-11,14-17,20-23,26-29,32,34,37,39,43,45,49,51,55,57,68H,6-7,12-13,18-19,24-25,30-31,33,35-36,38,40-42,44,46-48,50,52-54,56,58-67H2,1-5H3/p+1/b10-8-,11-9-,16-14-,17-15-,22-20-,23-21-,28-26-,29-27-,34-32-,39-37-,45-43-,51-49-,57-55-. The third kappa shape index (κ3) is 62.8. The highest BCUT2D eigenvalue weighted by Crippen LogP contribution is 2.43. The number of quaternary nitrogens is 1. The molecule has 10 heteroatoms. The van der Waals surface area contributed by atoms with E-state index in [9.17, 15) is 19.0 Å². The molecule has 0 radical (unpaired) electrons. The van der Waals surface area contributed by atoms with Gasteiger partial charge in [0.15, 0.2) is 6.10 Å². The van der Waals surface area contributed by atoms with E-state index in [4.69, 9.17) is 18.5 Å². The van der Waals surface area contributed by atoms with Gasteiger partial charge >= 0.3 is 19.8 Å². The minimum Gasteiger partial charge on any atom is -0.462 e. The van der Waals surface area contributed by atoms with Crippen LogP contribution in [0, 0.1) is 0 Å². The van der Waals surface area contributed by atoms with Crippen molar-refractivity contribution in [1.82, 2.24) is 0 Å². The SMILES string of the molecule is CC/C=C\C/C=C\C/C=C\C/C=C\C/C=C\C/C=C\C/C=C\C/C=C\C/C=C\CCCC(=O)OC(COC(=O)CCCCCCCCCCCCCCCC/C=C\C/C=C\C/C=C\C/C=C\CC)COP(=O)(O)OCC[N+](C)(C)C. The molecule has 0 fully saturated rings. The number of rotatable bonds is 55. The van der Waals surface area contributed by atoms with Gasteiger partial charge in [-0.3, -0.25) is 18.6 Å². The number of carbonyl (C=O) groups excluding carboxylic acids is 2. The highest BCUT2D eigenvalue weighted by atomic mass is 31.2. The Labute approximate surface area is 490 Å². The quantitative estimate of drug-likeness (QED) is 0.0211. The second-order valence-electron chi connectivity index (χ2n) is 21.3. The number of phosphoric ester groups is 1. The third-order valence-corrected chi connectivity index (χ3v) is 13.5. The maximum Gasteiger partial charge on any atom is 0.472 e. The fourth-order valence-corrected chi connectivity index (χ4v) is 8.57. The van der Waals surface area contributed by atoms with E-state index in [1.54, 1.807) is 0 Å². The van der Waals surface area contributed by atoms with Crippen LogP contribution in [0.3, 0.4) is 0 Å². The van der Waals surface area contributed by atoms with Crippen LogP contribution in [-0.4, -0.2) is 74.9 Å². The lowest BCUT2D eigenvalue weighted by molar-refractivity contribution is -0.870. The van der Waals surface area contributed by atoms with E-state index in [2.05, 4.69) is 166 Å². The molecule has 0 aromatic rings. The number of ether oxygens (including phenoxy) is 2. The molecule has 2 unspecified atom stereocenters. The van der Waals surface area contributed by atoms with E-state index in [1.807, 2.05) is 27.2 Å². The summed E-state index contributed by atoms with van der Waals surface area (Å²) >= 11 is 0. The van der Waals surface area contributed by atoms with E-state index in [0.717, 1.165) is 103 Å². The van der Waals surface area contributed by atoms with Crippen molar-refractivity contribution in [2.24, 2.45) is 0 Å². The van der Waals surface area contributed by atoms with Crippen LogP contribution in [0.2, 0.25) is 0 Å². The number of hydrogen-bond donors (Lipinski definition) is 1. The number of hydrogen-bond acceptors (Lipinski definition) is 7. The zero-order valence-electron chi connectivity index (χ0n) is 51.2. The van der Waals surface area contributed by atoms with Crippen LogP contribution in [0.4, 0.5) is 0 Å². The molecule has 9 nitrogen and oxygen atoms in total. The van der Waals surface area contributed by atoms with Gasteiger partial charge in [0, 0.05) is 12.8 Å². The second-order valence-corrected chi connectivity index (χ2v) is 22.8. The Morgan fingerprint density at radius 3 is 1.04 bits per heavy atom. The molecule has 0 aromatic heterocycles. The molecule has 0 amide bonds. The van der Waals surface area contributed by atoms with Gasteiger partial charge in [-0.05, 0) is 116 Å². The molecule has 1 N–H and O–H groups in total. The maximum atomic E-state index is 12.8. The van der Waals surface area contributed by atoms with Crippen LogP contribution in [0.25, 0.3) is 0 Å². The first kappa shape index (κ1) is 75.6. The zero-order valence-corrected chi connectivity index (χ0v) is 52.1. The predicted molar refractivity (Wildman–Crippen MR) is 343 cm³/mol. The van der Waals surface area contributed by atoms with Gasteiger partial charge in [0.1, 0.15) is 19.8 Å². The average molecular weight is 1130 g/mol. The highest BCUT2D eigenvalue weighted by Gasteiger charge is 2.27. The topological polar surface area (TPSA) is 108 Å². The smallest absolute Gasteiger partial charge is 0.462 e.